The average Bonchev–Trinajstić information content (AvgIpc) is 2.63. The van der Waals surface area contributed by atoms with Crippen molar-refractivity contribution in [1.82, 2.24) is 9.88 Å². The van der Waals surface area contributed by atoms with Crippen LogP contribution in [0.4, 0.5) is 4.39 Å². The highest BCUT2D eigenvalue weighted by atomic mass is 127. The topological polar surface area (TPSA) is 63.7 Å². The lowest BCUT2D eigenvalue weighted by atomic mass is 10.00. The molecule has 0 spiro atoms. The Morgan fingerprint density at radius 2 is 2.12 bits per heavy atom. The van der Waals surface area contributed by atoms with Crippen LogP contribution < -0.4 is 10.5 Å². The van der Waals surface area contributed by atoms with E-state index in [2.05, 4.69) is 21.8 Å². The summed E-state index contributed by atoms with van der Waals surface area (Å²) in [7, 11) is 0. The van der Waals surface area contributed by atoms with Gasteiger partial charge in [0.15, 0.2) is 17.5 Å². The van der Waals surface area contributed by atoms with Gasteiger partial charge >= 0.3 is 0 Å². The fraction of sp³-hybridized carbons (Fsp3) is 0.368. The first-order valence-electron chi connectivity index (χ1n) is 8.53. The molecule has 0 bridgehead atoms. The van der Waals surface area contributed by atoms with Crippen molar-refractivity contribution in [2.24, 2.45) is 16.6 Å². The molecule has 2 aromatic rings. The number of hydrogen-bond donors (Lipinski definition) is 1. The molecule has 1 aromatic heterocycles. The van der Waals surface area contributed by atoms with E-state index in [1.807, 2.05) is 0 Å². The first-order valence-corrected chi connectivity index (χ1v) is 8.53. The summed E-state index contributed by atoms with van der Waals surface area (Å²) in [5.74, 6) is 1.50. The predicted molar refractivity (Wildman–Crippen MR) is 111 cm³/mol. The predicted octanol–water partition coefficient (Wildman–Crippen LogP) is 4.18. The van der Waals surface area contributed by atoms with Gasteiger partial charge in [-0.15, -0.1) is 24.0 Å². The third-order valence-electron chi connectivity index (χ3n) is 4.39. The number of hydrogen-bond acceptors (Lipinski definition) is 3. The number of pyridine rings is 1. The number of halogens is 2. The third kappa shape index (κ3) is 5.55. The highest BCUT2D eigenvalue weighted by Crippen LogP contribution is 2.24. The van der Waals surface area contributed by atoms with E-state index >= 15 is 0 Å². The number of aromatic nitrogens is 1. The van der Waals surface area contributed by atoms with Crippen LogP contribution in [0.15, 0.2) is 47.7 Å². The Morgan fingerprint density at radius 3 is 2.77 bits per heavy atom. The van der Waals surface area contributed by atoms with Crippen LogP contribution in [0, 0.1) is 11.7 Å². The van der Waals surface area contributed by atoms with Gasteiger partial charge in [-0.05, 0) is 48.6 Å². The maximum Gasteiger partial charge on any atom is 0.191 e. The first-order chi connectivity index (χ1) is 12.1. The van der Waals surface area contributed by atoms with E-state index in [0.29, 0.717) is 18.3 Å². The molecule has 1 saturated heterocycles. The maximum absolute atomic E-state index is 14.2. The monoisotopic (exact) mass is 470 g/mol. The lowest BCUT2D eigenvalue weighted by Gasteiger charge is -2.31. The number of piperidine rings is 1. The molecule has 0 radical (unpaired) electrons. The van der Waals surface area contributed by atoms with Gasteiger partial charge in [-0.3, -0.25) is 4.98 Å². The quantitative estimate of drug-likeness (QED) is 0.414. The van der Waals surface area contributed by atoms with Gasteiger partial charge in [0.25, 0.3) is 0 Å². The fourth-order valence-electron chi connectivity index (χ4n) is 2.77. The molecule has 0 unspecified atom stereocenters. The number of guanidine groups is 1. The Kier molecular flexibility index (Phi) is 7.62. The summed E-state index contributed by atoms with van der Waals surface area (Å²) in [4.78, 5) is 10.4. The highest BCUT2D eigenvalue weighted by molar-refractivity contribution is 14.0. The lowest BCUT2D eigenvalue weighted by Crippen LogP contribution is -2.42. The van der Waals surface area contributed by atoms with Gasteiger partial charge in [0.1, 0.15) is 5.75 Å². The Bertz CT molecular complexity index is 734. The van der Waals surface area contributed by atoms with Crippen LogP contribution in [0.5, 0.6) is 11.5 Å². The van der Waals surface area contributed by atoms with E-state index in [1.54, 1.807) is 30.5 Å². The van der Waals surface area contributed by atoms with E-state index in [4.69, 9.17) is 10.5 Å². The van der Waals surface area contributed by atoms with E-state index < -0.39 is 5.82 Å². The number of rotatable bonds is 4. The van der Waals surface area contributed by atoms with E-state index in [9.17, 15) is 4.39 Å². The minimum atomic E-state index is -0.429. The van der Waals surface area contributed by atoms with Crippen molar-refractivity contribution in [2.75, 3.05) is 13.1 Å². The first kappa shape index (κ1) is 20.4. The Labute approximate surface area is 170 Å². The molecule has 7 heteroatoms. The molecule has 140 valence electrons. The van der Waals surface area contributed by atoms with E-state index in [-0.39, 0.29) is 29.7 Å². The minimum absolute atomic E-state index is 0. The van der Waals surface area contributed by atoms with Gasteiger partial charge < -0.3 is 15.4 Å². The van der Waals surface area contributed by atoms with Crippen LogP contribution in [0.3, 0.4) is 0 Å². The summed E-state index contributed by atoms with van der Waals surface area (Å²) < 4.78 is 19.7. The van der Waals surface area contributed by atoms with Crippen LogP contribution in [-0.2, 0) is 6.54 Å². The highest BCUT2D eigenvalue weighted by Gasteiger charge is 2.16. The van der Waals surface area contributed by atoms with Gasteiger partial charge in [-0.2, -0.15) is 0 Å². The number of benzene rings is 1. The number of nitrogens with two attached hydrogens (primary N) is 1. The summed E-state index contributed by atoms with van der Waals surface area (Å²) in [5.41, 5.74) is 6.82. The molecule has 5 nitrogen and oxygen atoms in total. The summed E-state index contributed by atoms with van der Waals surface area (Å²) >= 11 is 0. The largest absolute Gasteiger partial charge is 0.453 e. The molecule has 0 saturated carbocycles. The van der Waals surface area contributed by atoms with Crippen molar-refractivity contribution >= 4 is 29.9 Å². The second-order valence-corrected chi connectivity index (χ2v) is 6.40. The molecule has 0 amide bonds. The van der Waals surface area contributed by atoms with Crippen LogP contribution in [0.2, 0.25) is 0 Å². The molecule has 1 aliphatic rings. The summed E-state index contributed by atoms with van der Waals surface area (Å²) in [5, 5.41) is 0. The van der Waals surface area contributed by atoms with Crippen molar-refractivity contribution in [2.45, 2.75) is 26.3 Å². The van der Waals surface area contributed by atoms with Gasteiger partial charge in [0.2, 0.25) is 0 Å². The molecular formula is C19H24FIN4O. The zero-order valence-electron chi connectivity index (χ0n) is 14.8. The molecule has 1 fully saturated rings. The SMILES string of the molecule is CC1CCN(C(N)=NCc2ccc(Oc3cccnc3)c(F)c2)CC1.I. The van der Waals surface area contributed by atoms with Crippen LogP contribution in [0.25, 0.3) is 0 Å². The van der Waals surface area contributed by atoms with Gasteiger partial charge in [-0.25, -0.2) is 9.38 Å². The van der Waals surface area contributed by atoms with Crippen molar-refractivity contribution in [3.05, 3.63) is 54.1 Å². The van der Waals surface area contributed by atoms with Crippen molar-refractivity contribution in [3.63, 3.8) is 0 Å². The zero-order valence-corrected chi connectivity index (χ0v) is 17.1. The second kappa shape index (κ2) is 9.70. The molecule has 0 aliphatic carbocycles. The van der Waals surface area contributed by atoms with Crippen molar-refractivity contribution in [3.8, 4) is 11.5 Å². The summed E-state index contributed by atoms with van der Waals surface area (Å²) in [6.45, 7) is 4.47. The number of aliphatic imine (C=N–C) groups is 1. The molecule has 0 atom stereocenters. The molecule has 1 aliphatic heterocycles. The molecular weight excluding hydrogens is 446 g/mol. The lowest BCUT2D eigenvalue weighted by molar-refractivity contribution is 0.277. The third-order valence-corrected chi connectivity index (χ3v) is 4.39. The van der Waals surface area contributed by atoms with Gasteiger partial charge in [0.05, 0.1) is 12.7 Å². The summed E-state index contributed by atoms with van der Waals surface area (Å²) in [6, 6.07) is 8.29. The Hall–Kier alpha value is -1.90. The fourth-order valence-corrected chi connectivity index (χ4v) is 2.77. The molecule has 1 aromatic carbocycles. The maximum atomic E-state index is 14.2. The number of ether oxygens (including phenoxy) is 1. The zero-order chi connectivity index (χ0) is 17.6. The molecule has 2 N–H and O–H groups in total. The standard InChI is InChI=1S/C19H23FN4O.HI/c1-14-6-9-24(10-7-14)19(21)23-12-15-4-5-18(17(20)11-15)25-16-3-2-8-22-13-16;/h2-5,8,11,13-14H,6-7,9-10,12H2,1H3,(H2,21,23);1H. The smallest absolute Gasteiger partial charge is 0.191 e. The van der Waals surface area contributed by atoms with Crippen molar-refractivity contribution < 1.29 is 9.13 Å². The van der Waals surface area contributed by atoms with Crippen molar-refractivity contribution in [1.29, 1.82) is 0 Å². The summed E-state index contributed by atoms with van der Waals surface area (Å²) in [6.07, 6.45) is 5.44. The van der Waals surface area contributed by atoms with Crippen LogP contribution in [-0.4, -0.2) is 28.9 Å². The van der Waals surface area contributed by atoms with Gasteiger partial charge in [0, 0.05) is 19.3 Å². The molecule has 26 heavy (non-hydrogen) atoms. The number of nitrogens with zero attached hydrogens (tertiary/aromatic N) is 3. The van der Waals surface area contributed by atoms with E-state index in [1.165, 1.54) is 12.3 Å². The normalized spacial score (nSPS) is 15.5. The van der Waals surface area contributed by atoms with Gasteiger partial charge in [-0.1, -0.05) is 13.0 Å². The Morgan fingerprint density at radius 1 is 1.35 bits per heavy atom. The Balaban J connectivity index is 0.00000243. The minimum Gasteiger partial charge on any atom is -0.453 e. The average molecular weight is 470 g/mol. The second-order valence-electron chi connectivity index (χ2n) is 6.40. The molecule has 3 rings (SSSR count). The number of likely N-dealkylation sites (tertiary alicyclic amines) is 1. The van der Waals surface area contributed by atoms with Crippen LogP contribution >= 0.6 is 24.0 Å². The van der Waals surface area contributed by atoms with E-state index in [0.717, 1.165) is 37.4 Å². The van der Waals surface area contributed by atoms with Crippen LogP contribution in [0.1, 0.15) is 25.3 Å². The molecule has 2 heterocycles.